The van der Waals surface area contributed by atoms with Crippen molar-refractivity contribution in [1.82, 2.24) is 0 Å². The first-order valence-corrected chi connectivity index (χ1v) is 6.64. The number of amides is 1. The fourth-order valence-corrected chi connectivity index (χ4v) is 2.39. The molecule has 1 N–H and O–H groups in total. The first kappa shape index (κ1) is 13.0. The first-order valence-electron chi connectivity index (χ1n) is 5.44. The van der Waals surface area contributed by atoms with Gasteiger partial charge in [0, 0.05) is 27.4 Å². The SMILES string of the molecule is CC(=O)Nc1ccc(Sc2ccc(Cl)cc2)cc1. The summed E-state index contributed by atoms with van der Waals surface area (Å²) in [5.41, 5.74) is 0.808. The third-order valence-electron chi connectivity index (χ3n) is 2.22. The summed E-state index contributed by atoms with van der Waals surface area (Å²) in [4.78, 5) is 13.1. The molecule has 0 radical (unpaired) electrons. The van der Waals surface area contributed by atoms with Crippen LogP contribution in [0.2, 0.25) is 5.02 Å². The van der Waals surface area contributed by atoms with Gasteiger partial charge in [0.1, 0.15) is 0 Å². The standard InChI is InChI=1S/C14H12ClNOS/c1-10(17)16-12-4-8-14(9-5-12)18-13-6-2-11(15)3-7-13/h2-9H,1H3,(H,16,17). The number of halogens is 1. The monoisotopic (exact) mass is 277 g/mol. The van der Waals surface area contributed by atoms with Crippen LogP contribution in [-0.2, 0) is 4.79 Å². The zero-order valence-corrected chi connectivity index (χ0v) is 11.4. The van der Waals surface area contributed by atoms with Crippen LogP contribution < -0.4 is 5.32 Å². The van der Waals surface area contributed by atoms with Crippen LogP contribution in [-0.4, -0.2) is 5.91 Å². The normalized spacial score (nSPS) is 10.1. The van der Waals surface area contributed by atoms with Gasteiger partial charge in [-0.2, -0.15) is 0 Å². The van der Waals surface area contributed by atoms with Gasteiger partial charge in [-0.15, -0.1) is 0 Å². The Labute approximate surface area is 115 Å². The summed E-state index contributed by atoms with van der Waals surface area (Å²) < 4.78 is 0. The number of hydrogen-bond donors (Lipinski definition) is 1. The maximum atomic E-state index is 10.9. The lowest BCUT2D eigenvalue weighted by atomic mass is 10.3. The van der Waals surface area contributed by atoms with E-state index < -0.39 is 0 Å². The van der Waals surface area contributed by atoms with Gasteiger partial charge >= 0.3 is 0 Å². The van der Waals surface area contributed by atoms with E-state index in [1.807, 2.05) is 48.5 Å². The fraction of sp³-hybridized carbons (Fsp3) is 0.0714. The van der Waals surface area contributed by atoms with Gasteiger partial charge in [-0.3, -0.25) is 4.79 Å². The number of nitrogens with one attached hydrogen (secondary N) is 1. The minimum absolute atomic E-state index is 0.0619. The lowest BCUT2D eigenvalue weighted by Crippen LogP contribution is -2.05. The summed E-state index contributed by atoms with van der Waals surface area (Å²) >= 11 is 7.49. The van der Waals surface area contributed by atoms with Gasteiger partial charge in [-0.25, -0.2) is 0 Å². The number of hydrogen-bond acceptors (Lipinski definition) is 2. The van der Waals surface area contributed by atoms with E-state index in [-0.39, 0.29) is 5.91 Å². The lowest BCUT2D eigenvalue weighted by molar-refractivity contribution is -0.114. The van der Waals surface area contributed by atoms with E-state index in [9.17, 15) is 4.79 Å². The van der Waals surface area contributed by atoms with Crippen molar-refractivity contribution in [3.05, 3.63) is 53.6 Å². The van der Waals surface area contributed by atoms with Crippen molar-refractivity contribution in [1.29, 1.82) is 0 Å². The molecule has 92 valence electrons. The third kappa shape index (κ3) is 3.79. The highest BCUT2D eigenvalue weighted by molar-refractivity contribution is 7.99. The summed E-state index contributed by atoms with van der Waals surface area (Å²) in [5, 5.41) is 3.47. The molecule has 2 aromatic carbocycles. The van der Waals surface area contributed by atoms with E-state index in [1.54, 1.807) is 11.8 Å². The van der Waals surface area contributed by atoms with Gasteiger partial charge in [-0.1, -0.05) is 23.4 Å². The Morgan fingerprint density at radius 3 is 2.00 bits per heavy atom. The summed E-state index contributed by atoms with van der Waals surface area (Å²) in [5.74, 6) is -0.0619. The number of benzene rings is 2. The maximum absolute atomic E-state index is 10.9. The van der Waals surface area contributed by atoms with Crippen LogP contribution in [0.25, 0.3) is 0 Å². The molecule has 0 unspecified atom stereocenters. The van der Waals surface area contributed by atoms with Crippen LogP contribution in [0.3, 0.4) is 0 Å². The van der Waals surface area contributed by atoms with Crippen molar-refractivity contribution in [2.75, 3.05) is 5.32 Å². The Hall–Kier alpha value is -1.45. The van der Waals surface area contributed by atoms with Crippen LogP contribution in [0, 0.1) is 0 Å². The fourth-order valence-electron chi connectivity index (χ4n) is 1.45. The summed E-state index contributed by atoms with van der Waals surface area (Å²) in [6, 6.07) is 15.4. The predicted molar refractivity (Wildman–Crippen MR) is 76.3 cm³/mol. The zero-order valence-electron chi connectivity index (χ0n) is 9.81. The zero-order chi connectivity index (χ0) is 13.0. The Morgan fingerprint density at radius 1 is 1.00 bits per heavy atom. The van der Waals surface area contributed by atoms with E-state index in [2.05, 4.69) is 5.32 Å². The van der Waals surface area contributed by atoms with Crippen molar-refractivity contribution in [2.45, 2.75) is 16.7 Å². The highest BCUT2D eigenvalue weighted by Gasteiger charge is 1.99. The molecule has 0 fully saturated rings. The van der Waals surface area contributed by atoms with Crippen LogP contribution in [0.4, 0.5) is 5.69 Å². The van der Waals surface area contributed by atoms with Gasteiger partial charge in [-0.05, 0) is 48.5 Å². The molecule has 0 aromatic heterocycles. The second kappa shape index (κ2) is 5.94. The lowest BCUT2D eigenvalue weighted by Gasteiger charge is -2.04. The second-order valence-electron chi connectivity index (χ2n) is 3.76. The molecule has 18 heavy (non-hydrogen) atoms. The summed E-state index contributed by atoms with van der Waals surface area (Å²) in [6.07, 6.45) is 0. The molecular formula is C14H12ClNOS. The largest absolute Gasteiger partial charge is 0.326 e. The average Bonchev–Trinajstić information content (AvgIpc) is 2.34. The quantitative estimate of drug-likeness (QED) is 0.898. The molecule has 2 rings (SSSR count). The van der Waals surface area contributed by atoms with Crippen LogP contribution in [0.5, 0.6) is 0 Å². The van der Waals surface area contributed by atoms with E-state index in [4.69, 9.17) is 11.6 Å². The Kier molecular flexibility index (Phi) is 4.28. The van der Waals surface area contributed by atoms with Gasteiger partial charge in [0.15, 0.2) is 0 Å². The molecular weight excluding hydrogens is 266 g/mol. The van der Waals surface area contributed by atoms with E-state index >= 15 is 0 Å². The molecule has 0 saturated heterocycles. The van der Waals surface area contributed by atoms with Crippen molar-refractivity contribution >= 4 is 35.0 Å². The van der Waals surface area contributed by atoms with E-state index in [0.29, 0.717) is 0 Å². The smallest absolute Gasteiger partial charge is 0.221 e. The molecule has 2 nitrogen and oxygen atoms in total. The second-order valence-corrected chi connectivity index (χ2v) is 5.34. The van der Waals surface area contributed by atoms with Crippen molar-refractivity contribution in [3.8, 4) is 0 Å². The average molecular weight is 278 g/mol. The molecule has 0 aliphatic rings. The minimum Gasteiger partial charge on any atom is -0.326 e. The molecule has 1 amide bonds. The molecule has 0 aliphatic heterocycles. The van der Waals surface area contributed by atoms with Gasteiger partial charge in [0.05, 0.1) is 0 Å². The van der Waals surface area contributed by atoms with E-state index in [0.717, 1.165) is 20.5 Å². The number of carbonyl (C=O) groups excluding carboxylic acids is 1. The molecule has 0 heterocycles. The van der Waals surface area contributed by atoms with Crippen molar-refractivity contribution < 1.29 is 4.79 Å². The highest BCUT2D eigenvalue weighted by Crippen LogP contribution is 2.29. The first-order chi connectivity index (χ1) is 8.63. The number of rotatable bonds is 3. The predicted octanol–water partition coefficient (Wildman–Crippen LogP) is 4.45. The Balaban J connectivity index is 2.06. The molecule has 0 aliphatic carbocycles. The molecule has 2 aromatic rings. The van der Waals surface area contributed by atoms with E-state index in [1.165, 1.54) is 6.92 Å². The number of anilines is 1. The highest BCUT2D eigenvalue weighted by atomic mass is 35.5. The van der Waals surface area contributed by atoms with Crippen LogP contribution in [0.1, 0.15) is 6.92 Å². The Morgan fingerprint density at radius 2 is 1.50 bits per heavy atom. The Bertz CT molecular complexity index is 537. The van der Waals surface area contributed by atoms with Crippen molar-refractivity contribution in [2.24, 2.45) is 0 Å². The van der Waals surface area contributed by atoms with Crippen LogP contribution in [0.15, 0.2) is 58.3 Å². The summed E-state index contributed by atoms with van der Waals surface area (Å²) in [6.45, 7) is 1.50. The molecule has 4 heteroatoms. The topological polar surface area (TPSA) is 29.1 Å². The molecule has 0 bridgehead atoms. The van der Waals surface area contributed by atoms with Gasteiger partial charge in [0.25, 0.3) is 0 Å². The molecule has 0 atom stereocenters. The van der Waals surface area contributed by atoms with Gasteiger partial charge in [0.2, 0.25) is 5.91 Å². The summed E-state index contributed by atoms with van der Waals surface area (Å²) in [7, 11) is 0. The van der Waals surface area contributed by atoms with Crippen molar-refractivity contribution in [3.63, 3.8) is 0 Å². The minimum atomic E-state index is -0.0619. The molecule has 0 spiro atoms. The number of carbonyl (C=O) groups is 1. The molecule has 0 saturated carbocycles. The maximum Gasteiger partial charge on any atom is 0.221 e. The third-order valence-corrected chi connectivity index (χ3v) is 3.49. The van der Waals surface area contributed by atoms with Gasteiger partial charge < -0.3 is 5.32 Å². The van der Waals surface area contributed by atoms with Crippen LogP contribution >= 0.6 is 23.4 Å².